The molecule has 0 radical (unpaired) electrons. The Morgan fingerprint density at radius 1 is 1.33 bits per heavy atom. The predicted octanol–water partition coefficient (Wildman–Crippen LogP) is 3.09. The highest BCUT2D eigenvalue weighted by Crippen LogP contribution is 2.11. The number of nitriles is 1. The summed E-state index contributed by atoms with van der Waals surface area (Å²) in [6.07, 6.45) is 0.942. The van der Waals surface area contributed by atoms with Gasteiger partial charge >= 0.3 is 0 Å². The molecule has 18 heavy (non-hydrogen) atoms. The highest BCUT2D eigenvalue weighted by Gasteiger charge is 2.03. The van der Waals surface area contributed by atoms with Crippen LogP contribution in [-0.2, 0) is 13.0 Å². The summed E-state index contributed by atoms with van der Waals surface area (Å²) in [6.45, 7) is 1.25. The second-order valence-corrected chi connectivity index (χ2v) is 4.96. The van der Waals surface area contributed by atoms with Gasteiger partial charge in [0.05, 0.1) is 11.6 Å². The lowest BCUT2D eigenvalue weighted by atomic mass is 10.1. The van der Waals surface area contributed by atoms with Gasteiger partial charge in [-0.3, -0.25) is 0 Å². The van der Waals surface area contributed by atoms with Gasteiger partial charge in [0.25, 0.3) is 0 Å². The maximum absolute atomic E-state index is 13.5. The lowest BCUT2D eigenvalue weighted by molar-refractivity contribution is 0.588. The Kier molecular flexibility index (Phi) is 4.46. The minimum atomic E-state index is -0.266. The maximum atomic E-state index is 13.5. The van der Waals surface area contributed by atoms with E-state index >= 15 is 0 Å². The van der Waals surface area contributed by atoms with Gasteiger partial charge in [-0.2, -0.15) is 5.26 Å². The largest absolute Gasteiger partial charge is 0.312 e. The van der Waals surface area contributed by atoms with E-state index in [-0.39, 0.29) is 5.82 Å². The molecule has 1 heterocycles. The summed E-state index contributed by atoms with van der Waals surface area (Å²) in [5, 5.41) is 14.0. The number of hydrogen-bond acceptors (Lipinski definition) is 3. The molecule has 0 amide bonds. The molecule has 92 valence electrons. The van der Waals surface area contributed by atoms with E-state index in [1.807, 2.05) is 17.5 Å². The first-order chi connectivity index (χ1) is 8.79. The fourth-order valence-corrected chi connectivity index (χ4v) is 2.38. The fraction of sp³-hybridized carbons (Fsp3) is 0.214. The van der Waals surface area contributed by atoms with Crippen LogP contribution in [0.1, 0.15) is 16.0 Å². The first-order valence-corrected chi connectivity index (χ1v) is 6.59. The SMILES string of the molecule is N#Cc1ccc(F)c(CNCCc2cccs2)c1. The first kappa shape index (κ1) is 12.7. The average molecular weight is 260 g/mol. The van der Waals surface area contributed by atoms with Crippen molar-refractivity contribution in [1.29, 1.82) is 5.26 Å². The van der Waals surface area contributed by atoms with Crippen LogP contribution in [0.4, 0.5) is 4.39 Å². The molecule has 1 aromatic heterocycles. The Labute approximate surface area is 110 Å². The number of benzene rings is 1. The molecule has 0 atom stereocenters. The molecule has 0 spiro atoms. The Hall–Kier alpha value is -1.70. The first-order valence-electron chi connectivity index (χ1n) is 5.71. The van der Waals surface area contributed by atoms with E-state index in [0.717, 1.165) is 13.0 Å². The highest BCUT2D eigenvalue weighted by molar-refractivity contribution is 7.09. The van der Waals surface area contributed by atoms with Crippen LogP contribution < -0.4 is 5.32 Å². The summed E-state index contributed by atoms with van der Waals surface area (Å²) in [7, 11) is 0. The molecule has 0 aliphatic carbocycles. The lowest BCUT2D eigenvalue weighted by Gasteiger charge is -2.05. The van der Waals surface area contributed by atoms with E-state index in [1.165, 1.54) is 17.0 Å². The third-order valence-corrected chi connectivity index (χ3v) is 3.55. The summed E-state index contributed by atoms with van der Waals surface area (Å²) in [5.41, 5.74) is 1.03. The number of nitrogens with one attached hydrogen (secondary N) is 1. The Bertz CT molecular complexity index is 543. The van der Waals surface area contributed by atoms with Crippen LogP contribution in [0.3, 0.4) is 0 Å². The zero-order valence-electron chi connectivity index (χ0n) is 9.82. The summed E-state index contributed by atoms with van der Waals surface area (Å²) in [6, 6.07) is 10.5. The summed E-state index contributed by atoms with van der Waals surface area (Å²) < 4.78 is 13.5. The minimum absolute atomic E-state index is 0.266. The zero-order chi connectivity index (χ0) is 12.8. The smallest absolute Gasteiger partial charge is 0.127 e. The lowest BCUT2D eigenvalue weighted by Crippen LogP contribution is -2.17. The van der Waals surface area contributed by atoms with Crippen molar-refractivity contribution in [2.75, 3.05) is 6.54 Å². The van der Waals surface area contributed by atoms with Gasteiger partial charge in [-0.25, -0.2) is 4.39 Å². The fourth-order valence-electron chi connectivity index (χ4n) is 1.67. The van der Waals surface area contributed by atoms with Crippen LogP contribution in [0, 0.1) is 17.1 Å². The molecular formula is C14H13FN2S. The van der Waals surface area contributed by atoms with E-state index in [0.29, 0.717) is 17.7 Å². The van der Waals surface area contributed by atoms with Crippen LogP contribution in [-0.4, -0.2) is 6.54 Å². The van der Waals surface area contributed by atoms with Gasteiger partial charge < -0.3 is 5.32 Å². The second-order valence-electron chi connectivity index (χ2n) is 3.92. The molecule has 0 saturated heterocycles. The van der Waals surface area contributed by atoms with E-state index < -0.39 is 0 Å². The van der Waals surface area contributed by atoms with E-state index in [9.17, 15) is 4.39 Å². The van der Waals surface area contributed by atoms with Gasteiger partial charge in [0.2, 0.25) is 0 Å². The molecule has 2 aromatic rings. The summed E-state index contributed by atoms with van der Waals surface area (Å²) in [4.78, 5) is 1.31. The quantitative estimate of drug-likeness (QED) is 0.839. The van der Waals surface area contributed by atoms with Crippen molar-refractivity contribution >= 4 is 11.3 Å². The Morgan fingerprint density at radius 2 is 2.22 bits per heavy atom. The van der Waals surface area contributed by atoms with Crippen LogP contribution in [0.2, 0.25) is 0 Å². The molecule has 0 saturated carbocycles. The van der Waals surface area contributed by atoms with Crippen molar-refractivity contribution in [3.8, 4) is 6.07 Å². The molecular weight excluding hydrogens is 247 g/mol. The number of rotatable bonds is 5. The van der Waals surface area contributed by atoms with Crippen LogP contribution in [0.5, 0.6) is 0 Å². The molecule has 4 heteroatoms. The molecule has 0 unspecified atom stereocenters. The molecule has 0 bridgehead atoms. The number of halogens is 1. The van der Waals surface area contributed by atoms with Crippen LogP contribution in [0.15, 0.2) is 35.7 Å². The number of nitrogens with zero attached hydrogens (tertiary/aromatic N) is 1. The van der Waals surface area contributed by atoms with Crippen molar-refractivity contribution in [2.24, 2.45) is 0 Å². The van der Waals surface area contributed by atoms with E-state index in [1.54, 1.807) is 17.4 Å². The molecule has 2 nitrogen and oxygen atoms in total. The van der Waals surface area contributed by atoms with E-state index in [4.69, 9.17) is 5.26 Å². The average Bonchev–Trinajstić information content (AvgIpc) is 2.89. The minimum Gasteiger partial charge on any atom is -0.312 e. The van der Waals surface area contributed by atoms with Gasteiger partial charge in [-0.15, -0.1) is 11.3 Å². The molecule has 2 rings (SSSR count). The Morgan fingerprint density at radius 3 is 2.94 bits per heavy atom. The number of thiophene rings is 1. The maximum Gasteiger partial charge on any atom is 0.127 e. The van der Waals surface area contributed by atoms with Gasteiger partial charge in [-0.1, -0.05) is 6.07 Å². The second kappa shape index (κ2) is 6.29. The molecule has 1 aromatic carbocycles. The zero-order valence-corrected chi connectivity index (χ0v) is 10.6. The van der Waals surface area contributed by atoms with Crippen molar-refractivity contribution in [3.05, 3.63) is 57.5 Å². The van der Waals surface area contributed by atoms with Crippen molar-refractivity contribution in [2.45, 2.75) is 13.0 Å². The van der Waals surface area contributed by atoms with Crippen molar-refractivity contribution in [3.63, 3.8) is 0 Å². The predicted molar refractivity (Wildman–Crippen MR) is 70.8 cm³/mol. The third-order valence-electron chi connectivity index (χ3n) is 2.62. The van der Waals surface area contributed by atoms with Gasteiger partial charge in [0, 0.05) is 23.5 Å². The normalized spacial score (nSPS) is 10.2. The monoisotopic (exact) mass is 260 g/mol. The molecule has 0 aliphatic heterocycles. The summed E-state index contributed by atoms with van der Waals surface area (Å²) in [5.74, 6) is -0.266. The van der Waals surface area contributed by atoms with Gasteiger partial charge in [0.15, 0.2) is 0 Å². The standard InChI is InChI=1S/C14H13FN2S/c15-14-4-3-11(9-16)8-12(14)10-17-6-5-13-2-1-7-18-13/h1-4,7-8,17H,5-6,10H2. The highest BCUT2D eigenvalue weighted by atomic mass is 32.1. The van der Waals surface area contributed by atoms with Gasteiger partial charge in [-0.05, 0) is 36.1 Å². The van der Waals surface area contributed by atoms with E-state index in [2.05, 4.69) is 11.4 Å². The van der Waals surface area contributed by atoms with Crippen molar-refractivity contribution < 1.29 is 4.39 Å². The van der Waals surface area contributed by atoms with Crippen LogP contribution >= 0.6 is 11.3 Å². The summed E-state index contributed by atoms with van der Waals surface area (Å²) >= 11 is 1.72. The van der Waals surface area contributed by atoms with Crippen molar-refractivity contribution in [1.82, 2.24) is 5.32 Å². The molecule has 1 N–H and O–H groups in total. The topological polar surface area (TPSA) is 35.8 Å². The third kappa shape index (κ3) is 3.39. The molecule has 0 aliphatic rings. The number of hydrogen-bond donors (Lipinski definition) is 1. The van der Waals surface area contributed by atoms with Crippen LogP contribution in [0.25, 0.3) is 0 Å². The molecule has 0 fully saturated rings. The Balaban J connectivity index is 1.85. The van der Waals surface area contributed by atoms with Gasteiger partial charge in [0.1, 0.15) is 5.82 Å².